The quantitative estimate of drug-likeness (QED) is 0.199. The molecule has 2 aromatic rings. The van der Waals surface area contributed by atoms with Crippen LogP contribution in [0.1, 0.15) is 24.8 Å². The van der Waals surface area contributed by atoms with E-state index in [-0.39, 0.29) is 0 Å². The van der Waals surface area contributed by atoms with Crippen molar-refractivity contribution in [2.75, 3.05) is 0 Å². The highest BCUT2D eigenvalue weighted by Gasteiger charge is 2.50. The molecule has 0 spiro atoms. The topological polar surface area (TPSA) is 230 Å². The number of amides is 1. The number of carboxylic acid groups (broad SMARTS) is 1. The van der Waals surface area contributed by atoms with Crippen LogP contribution in [0.4, 0.5) is 0 Å². The first kappa shape index (κ1) is 25.2. The van der Waals surface area contributed by atoms with Crippen LogP contribution in [0.2, 0.25) is 0 Å². The number of aliphatic hydroxyl groups is 3. The Morgan fingerprint density at radius 1 is 1.26 bits per heavy atom. The third-order valence-electron chi connectivity index (χ3n) is 5.69. The van der Waals surface area contributed by atoms with E-state index in [2.05, 4.69) is 10.3 Å². The molecule has 8 atom stereocenters. The van der Waals surface area contributed by atoms with E-state index in [1.165, 1.54) is 19.3 Å². The number of nitrogens with one attached hydrogen (secondary N) is 2. The van der Waals surface area contributed by atoms with Crippen LogP contribution in [-0.4, -0.2) is 77.2 Å². The number of nitrogens with zero attached hydrogens (tertiary/aromatic N) is 2. The molecule has 184 valence electrons. The third-order valence-corrected chi connectivity index (χ3v) is 5.69. The summed E-state index contributed by atoms with van der Waals surface area (Å²) >= 11 is 0. The van der Waals surface area contributed by atoms with Gasteiger partial charge in [0.15, 0.2) is 12.3 Å². The maximum atomic E-state index is 12.7. The second kappa shape index (κ2) is 10.2. The summed E-state index contributed by atoms with van der Waals surface area (Å²) in [6.07, 6.45) is -4.06. The maximum Gasteiger partial charge on any atom is 0.330 e. The van der Waals surface area contributed by atoms with Crippen LogP contribution in [0.5, 0.6) is 0 Å². The SMILES string of the molecule is CC(C(N)C(=O)NC(C(=O)O)C1OC(n2ccc(=O)[nH]c2=O)C(O)C1O)C(O)c1cccnc1. The minimum absolute atomic E-state index is 0.403. The molecule has 1 aliphatic rings. The molecule has 2 aromatic heterocycles. The first-order valence-corrected chi connectivity index (χ1v) is 10.2. The lowest BCUT2D eigenvalue weighted by Gasteiger charge is -2.28. The number of ether oxygens (including phenoxy) is 1. The molecule has 8 N–H and O–H groups in total. The number of aliphatic carboxylic acids is 1. The van der Waals surface area contributed by atoms with Crippen molar-refractivity contribution in [1.82, 2.24) is 19.9 Å². The first-order chi connectivity index (χ1) is 16.0. The first-order valence-electron chi connectivity index (χ1n) is 10.2. The number of nitrogens with two attached hydrogens (primary N) is 1. The van der Waals surface area contributed by atoms with Crippen molar-refractivity contribution in [1.29, 1.82) is 0 Å². The number of aliphatic hydroxyl groups excluding tert-OH is 3. The lowest BCUT2D eigenvalue weighted by atomic mass is 9.91. The van der Waals surface area contributed by atoms with Gasteiger partial charge in [-0.25, -0.2) is 9.59 Å². The fraction of sp³-hybridized carbons (Fsp3) is 0.450. The second-order valence-electron chi connectivity index (χ2n) is 7.93. The van der Waals surface area contributed by atoms with Crippen molar-refractivity contribution < 1.29 is 34.8 Å². The normalized spacial score (nSPS) is 25.8. The summed E-state index contributed by atoms with van der Waals surface area (Å²) in [5.41, 5.74) is 4.68. The van der Waals surface area contributed by atoms with Crippen LogP contribution in [0.3, 0.4) is 0 Å². The fourth-order valence-corrected chi connectivity index (χ4v) is 3.64. The number of aromatic nitrogens is 3. The highest BCUT2D eigenvalue weighted by atomic mass is 16.6. The Hall–Kier alpha value is -3.43. The van der Waals surface area contributed by atoms with Gasteiger partial charge in [-0.15, -0.1) is 0 Å². The zero-order valence-electron chi connectivity index (χ0n) is 17.9. The molecule has 14 heteroatoms. The van der Waals surface area contributed by atoms with Gasteiger partial charge in [-0.05, 0) is 11.6 Å². The zero-order chi connectivity index (χ0) is 25.2. The number of hydrogen-bond acceptors (Lipinski definition) is 10. The van der Waals surface area contributed by atoms with Crippen molar-refractivity contribution in [3.63, 3.8) is 0 Å². The van der Waals surface area contributed by atoms with Gasteiger partial charge in [0.1, 0.15) is 18.3 Å². The minimum atomic E-state index is -1.87. The van der Waals surface area contributed by atoms with Gasteiger partial charge in [-0.3, -0.25) is 24.1 Å². The van der Waals surface area contributed by atoms with Gasteiger partial charge >= 0.3 is 11.7 Å². The van der Waals surface area contributed by atoms with Crippen molar-refractivity contribution in [2.24, 2.45) is 11.7 Å². The lowest BCUT2D eigenvalue weighted by Crippen LogP contribution is -2.57. The van der Waals surface area contributed by atoms with Gasteiger partial charge < -0.3 is 36.2 Å². The van der Waals surface area contributed by atoms with Crippen LogP contribution in [0.15, 0.2) is 46.4 Å². The average Bonchev–Trinajstić information content (AvgIpc) is 3.10. The number of carbonyl (C=O) groups is 2. The van der Waals surface area contributed by atoms with Gasteiger partial charge in [-0.1, -0.05) is 13.0 Å². The molecule has 8 unspecified atom stereocenters. The van der Waals surface area contributed by atoms with Gasteiger partial charge in [0, 0.05) is 30.6 Å². The lowest BCUT2D eigenvalue weighted by molar-refractivity contribution is -0.149. The number of hydrogen-bond donors (Lipinski definition) is 7. The number of H-pyrrole nitrogens is 1. The molecule has 34 heavy (non-hydrogen) atoms. The molecule has 3 rings (SSSR count). The van der Waals surface area contributed by atoms with Crippen LogP contribution in [0, 0.1) is 5.92 Å². The van der Waals surface area contributed by atoms with E-state index in [1.54, 1.807) is 12.1 Å². The predicted octanol–water partition coefficient (Wildman–Crippen LogP) is -3.18. The number of aromatic amines is 1. The van der Waals surface area contributed by atoms with Gasteiger partial charge in [0.05, 0.1) is 12.1 Å². The standard InChI is InChI=1S/C20H25N5O9/c1-8(13(27)9-3-2-5-22-7-9)11(21)17(30)24-12(19(31)32)16-14(28)15(29)18(34-16)25-6-4-10(26)23-20(25)33/h2-8,11-16,18,27-29H,21H2,1H3,(H,24,30)(H,31,32)(H,23,26,33). The number of rotatable bonds is 8. The van der Waals surface area contributed by atoms with Crippen LogP contribution in [-0.2, 0) is 14.3 Å². The molecule has 1 saturated heterocycles. The summed E-state index contributed by atoms with van der Waals surface area (Å²) in [4.78, 5) is 53.7. The summed E-state index contributed by atoms with van der Waals surface area (Å²) < 4.78 is 6.19. The zero-order valence-corrected chi connectivity index (χ0v) is 17.9. The van der Waals surface area contributed by atoms with Crippen LogP contribution in [0.25, 0.3) is 0 Å². The minimum Gasteiger partial charge on any atom is -0.480 e. The molecule has 0 bridgehead atoms. The highest BCUT2D eigenvalue weighted by Crippen LogP contribution is 2.30. The van der Waals surface area contributed by atoms with E-state index in [9.17, 15) is 39.6 Å². The number of carboxylic acids is 1. The van der Waals surface area contributed by atoms with E-state index in [0.29, 0.717) is 5.56 Å². The Kier molecular flexibility index (Phi) is 7.58. The molecule has 1 amide bonds. The van der Waals surface area contributed by atoms with E-state index < -0.39 is 71.8 Å². The van der Waals surface area contributed by atoms with Gasteiger partial charge in [-0.2, -0.15) is 0 Å². The fourth-order valence-electron chi connectivity index (χ4n) is 3.64. The average molecular weight is 479 g/mol. The molecule has 3 heterocycles. The molecule has 0 aliphatic carbocycles. The molecule has 0 radical (unpaired) electrons. The van der Waals surface area contributed by atoms with Crippen molar-refractivity contribution in [3.05, 3.63) is 63.2 Å². The molecule has 0 aromatic carbocycles. The van der Waals surface area contributed by atoms with Crippen molar-refractivity contribution in [2.45, 2.75) is 49.7 Å². The summed E-state index contributed by atoms with van der Waals surface area (Å²) in [5, 5.41) is 43.0. The van der Waals surface area contributed by atoms with E-state index in [4.69, 9.17) is 10.5 Å². The predicted molar refractivity (Wildman–Crippen MR) is 113 cm³/mol. The number of carbonyl (C=O) groups excluding carboxylic acids is 1. The number of pyridine rings is 1. The summed E-state index contributed by atoms with van der Waals surface area (Å²) in [6, 6.07) is 0.919. The summed E-state index contributed by atoms with van der Waals surface area (Å²) in [7, 11) is 0. The second-order valence-corrected chi connectivity index (χ2v) is 7.93. The molecular weight excluding hydrogens is 454 g/mol. The van der Waals surface area contributed by atoms with Crippen LogP contribution >= 0.6 is 0 Å². The van der Waals surface area contributed by atoms with Gasteiger partial charge in [0.2, 0.25) is 5.91 Å². The third kappa shape index (κ3) is 5.05. The Bertz CT molecular complexity index is 1140. The Morgan fingerprint density at radius 3 is 2.56 bits per heavy atom. The van der Waals surface area contributed by atoms with E-state index in [0.717, 1.165) is 16.8 Å². The molecule has 1 fully saturated rings. The Morgan fingerprint density at radius 2 is 1.97 bits per heavy atom. The maximum absolute atomic E-state index is 12.7. The Balaban J connectivity index is 1.76. The highest BCUT2D eigenvalue weighted by molar-refractivity contribution is 5.87. The van der Waals surface area contributed by atoms with Crippen LogP contribution < -0.4 is 22.3 Å². The Labute approximate surface area is 191 Å². The molecule has 1 aliphatic heterocycles. The molecule has 0 saturated carbocycles. The monoisotopic (exact) mass is 479 g/mol. The van der Waals surface area contributed by atoms with Crippen molar-refractivity contribution in [3.8, 4) is 0 Å². The summed E-state index contributed by atoms with van der Waals surface area (Å²) in [6.45, 7) is 1.49. The van der Waals surface area contributed by atoms with E-state index in [1.807, 2.05) is 4.98 Å². The van der Waals surface area contributed by atoms with Gasteiger partial charge in [0.25, 0.3) is 5.56 Å². The molecular formula is C20H25N5O9. The summed E-state index contributed by atoms with van der Waals surface area (Å²) in [5.74, 6) is -3.42. The largest absolute Gasteiger partial charge is 0.480 e. The molecule has 14 nitrogen and oxygen atoms in total. The van der Waals surface area contributed by atoms with E-state index >= 15 is 0 Å². The smallest absolute Gasteiger partial charge is 0.330 e. The van der Waals surface area contributed by atoms with Crippen molar-refractivity contribution >= 4 is 11.9 Å².